The highest BCUT2D eigenvalue weighted by molar-refractivity contribution is 5.98. The molecular weight excluding hydrogens is 769 g/mol. The molecule has 0 aliphatic heterocycles. The minimum absolute atomic E-state index is 0.0858. The molecule has 310 valence electrons. The molecule has 11 aromatic rings. The average molecular weight is 823 g/mol. The first-order valence-corrected chi connectivity index (χ1v) is 22.2. The first-order valence-electron chi connectivity index (χ1n) is 22.2. The molecule has 0 heterocycles. The van der Waals surface area contributed by atoms with E-state index in [1.165, 1.54) is 76.8 Å². The number of hydrogen-bond donors (Lipinski definition) is 0. The van der Waals surface area contributed by atoms with Crippen LogP contribution in [0.1, 0.15) is 36.1 Å². The number of fused-ring (bicyclic) bond motifs is 6. The fourth-order valence-corrected chi connectivity index (χ4v) is 8.23. The van der Waals surface area contributed by atoms with E-state index in [2.05, 4.69) is 281 Å². The SMILES string of the molecule is CC(C)(c1ccccc1)c1ccccc1.c1ccc(-c2ccccc2)cc1.c1ccc2c(c1)Cc1ccccc1-2.c1ccc2cc3ccccc3cc2c1.c1ccc2ccccc2c1. The molecule has 0 fully saturated rings. The summed E-state index contributed by atoms with van der Waals surface area (Å²) in [5.41, 5.74) is 11.1. The molecule has 0 radical (unpaired) electrons. The molecule has 0 bridgehead atoms. The Bertz CT molecular complexity index is 2840. The number of benzene rings is 11. The van der Waals surface area contributed by atoms with Crippen molar-refractivity contribution in [1.29, 1.82) is 0 Å². The van der Waals surface area contributed by atoms with Crippen molar-refractivity contribution in [2.24, 2.45) is 0 Å². The summed E-state index contributed by atoms with van der Waals surface area (Å²) in [4.78, 5) is 0. The van der Waals surface area contributed by atoms with E-state index in [0.29, 0.717) is 0 Å². The topological polar surface area (TPSA) is 0 Å². The molecule has 0 unspecified atom stereocenters. The lowest BCUT2D eigenvalue weighted by molar-refractivity contribution is 0.641. The first kappa shape index (κ1) is 42.9. The van der Waals surface area contributed by atoms with Crippen molar-refractivity contribution < 1.29 is 0 Å². The summed E-state index contributed by atoms with van der Waals surface area (Å²) in [6.45, 7) is 4.52. The molecule has 0 aromatic heterocycles. The van der Waals surface area contributed by atoms with Gasteiger partial charge < -0.3 is 0 Å². The van der Waals surface area contributed by atoms with Crippen molar-refractivity contribution in [3.63, 3.8) is 0 Å². The molecule has 0 saturated heterocycles. The van der Waals surface area contributed by atoms with Gasteiger partial charge in [0.25, 0.3) is 0 Å². The smallest absolute Gasteiger partial charge is 0.0146 e. The van der Waals surface area contributed by atoms with Crippen molar-refractivity contribution in [3.05, 3.63) is 301 Å². The van der Waals surface area contributed by atoms with Crippen molar-refractivity contribution in [2.45, 2.75) is 25.7 Å². The lowest BCUT2D eigenvalue weighted by atomic mass is 9.78. The molecule has 0 heteroatoms. The van der Waals surface area contributed by atoms with Gasteiger partial charge in [0, 0.05) is 5.41 Å². The van der Waals surface area contributed by atoms with E-state index in [0.717, 1.165) is 6.42 Å². The molecule has 12 rings (SSSR count). The third kappa shape index (κ3) is 11.0. The van der Waals surface area contributed by atoms with Gasteiger partial charge in [-0.3, -0.25) is 0 Å². The molecule has 11 aromatic carbocycles. The summed E-state index contributed by atoms with van der Waals surface area (Å²) in [6.07, 6.45) is 1.10. The van der Waals surface area contributed by atoms with E-state index >= 15 is 0 Å². The predicted molar refractivity (Wildman–Crippen MR) is 277 cm³/mol. The Kier molecular flexibility index (Phi) is 14.3. The van der Waals surface area contributed by atoms with Gasteiger partial charge in [-0.25, -0.2) is 0 Å². The van der Waals surface area contributed by atoms with Crippen molar-refractivity contribution >= 4 is 32.3 Å². The number of rotatable bonds is 3. The fourth-order valence-electron chi connectivity index (χ4n) is 8.23. The molecule has 0 N–H and O–H groups in total. The summed E-state index contributed by atoms with van der Waals surface area (Å²) in [7, 11) is 0. The van der Waals surface area contributed by atoms with E-state index in [1.54, 1.807) is 0 Å². The Balaban J connectivity index is 0.000000110. The monoisotopic (exact) mass is 822 g/mol. The maximum atomic E-state index is 2.26. The van der Waals surface area contributed by atoms with Crippen molar-refractivity contribution in [2.75, 3.05) is 0 Å². The Morgan fingerprint density at radius 3 is 0.828 bits per heavy atom. The molecule has 0 spiro atoms. The van der Waals surface area contributed by atoms with Gasteiger partial charge in [0.2, 0.25) is 0 Å². The van der Waals surface area contributed by atoms with Crippen LogP contribution in [0.2, 0.25) is 0 Å². The van der Waals surface area contributed by atoms with Crippen LogP contribution in [0.15, 0.2) is 279 Å². The average Bonchev–Trinajstić information content (AvgIpc) is 3.76. The van der Waals surface area contributed by atoms with Crippen LogP contribution in [0.5, 0.6) is 0 Å². The van der Waals surface area contributed by atoms with E-state index < -0.39 is 0 Å². The van der Waals surface area contributed by atoms with Crippen LogP contribution in [-0.4, -0.2) is 0 Å². The Morgan fingerprint density at radius 1 is 0.250 bits per heavy atom. The zero-order chi connectivity index (χ0) is 43.8. The molecular formula is C64H54. The molecule has 1 aliphatic carbocycles. The second kappa shape index (κ2) is 21.3. The number of hydrogen-bond acceptors (Lipinski definition) is 0. The van der Waals surface area contributed by atoms with Gasteiger partial charge in [0.05, 0.1) is 0 Å². The maximum absolute atomic E-state index is 2.26. The minimum Gasteiger partial charge on any atom is -0.0622 e. The summed E-state index contributed by atoms with van der Waals surface area (Å²) < 4.78 is 0. The molecule has 0 amide bonds. The normalized spacial score (nSPS) is 10.9. The quantitative estimate of drug-likeness (QED) is 0.156. The third-order valence-electron chi connectivity index (χ3n) is 11.9. The maximum Gasteiger partial charge on any atom is 0.0146 e. The third-order valence-corrected chi connectivity index (χ3v) is 11.9. The lowest BCUT2D eigenvalue weighted by Gasteiger charge is -2.25. The standard InChI is InChI=1S/C15H16.C14H10.C13H10.C12H10.C10H8/c1-15(2,13-9-5-3-6-10-13)14-11-7-4-8-12-14;1-2-6-12-10-14-8-4-3-7-13(14)9-11(12)5-1;1-3-7-12-10(5-1)9-11-6-2-4-8-13(11)12;1-3-7-11(8-4-1)12-9-5-2-6-10-12;1-2-6-10-8-4-3-7-9(10)5-1/h3-12H,1-2H3;1-10H;1-8H,9H2;1-10H;1-8H. The van der Waals surface area contributed by atoms with Crippen LogP contribution in [0.4, 0.5) is 0 Å². The van der Waals surface area contributed by atoms with Crippen LogP contribution in [-0.2, 0) is 11.8 Å². The Morgan fingerprint density at radius 2 is 0.500 bits per heavy atom. The minimum atomic E-state index is 0.0858. The Labute approximate surface area is 379 Å². The van der Waals surface area contributed by atoms with E-state index in [1.807, 2.05) is 12.1 Å². The Hall–Kier alpha value is -7.80. The fraction of sp³-hybridized carbons (Fsp3) is 0.0625. The van der Waals surface area contributed by atoms with E-state index in [-0.39, 0.29) is 5.41 Å². The molecule has 0 saturated carbocycles. The zero-order valence-corrected chi connectivity index (χ0v) is 36.8. The van der Waals surface area contributed by atoms with Crippen LogP contribution in [0.25, 0.3) is 54.6 Å². The van der Waals surface area contributed by atoms with Crippen LogP contribution >= 0.6 is 0 Å². The van der Waals surface area contributed by atoms with Gasteiger partial charge >= 0.3 is 0 Å². The molecule has 64 heavy (non-hydrogen) atoms. The van der Waals surface area contributed by atoms with Gasteiger partial charge in [0.15, 0.2) is 0 Å². The predicted octanol–water partition coefficient (Wildman–Crippen LogP) is 17.5. The van der Waals surface area contributed by atoms with Gasteiger partial charge in [-0.1, -0.05) is 281 Å². The van der Waals surface area contributed by atoms with Crippen molar-refractivity contribution in [3.8, 4) is 22.3 Å². The van der Waals surface area contributed by atoms with Gasteiger partial charge in [-0.05, 0) is 95.4 Å². The highest BCUT2D eigenvalue weighted by Gasteiger charge is 2.22. The summed E-state index contributed by atoms with van der Waals surface area (Å²) in [5.74, 6) is 0. The van der Waals surface area contributed by atoms with Gasteiger partial charge in [0.1, 0.15) is 0 Å². The van der Waals surface area contributed by atoms with E-state index in [9.17, 15) is 0 Å². The van der Waals surface area contributed by atoms with Crippen molar-refractivity contribution in [1.82, 2.24) is 0 Å². The highest BCUT2D eigenvalue weighted by atomic mass is 14.3. The van der Waals surface area contributed by atoms with Crippen LogP contribution in [0.3, 0.4) is 0 Å². The first-order chi connectivity index (χ1) is 31.5. The summed E-state index contributed by atoms with van der Waals surface area (Å²) >= 11 is 0. The lowest BCUT2D eigenvalue weighted by Crippen LogP contribution is -2.18. The summed E-state index contributed by atoms with van der Waals surface area (Å²) in [6, 6.07) is 97.5. The molecule has 0 nitrogen and oxygen atoms in total. The second-order valence-electron chi connectivity index (χ2n) is 16.5. The largest absolute Gasteiger partial charge is 0.0622 e. The van der Waals surface area contributed by atoms with Gasteiger partial charge in [-0.2, -0.15) is 0 Å². The van der Waals surface area contributed by atoms with E-state index in [4.69, 9.17) is 0 Å². The highest BCUT2D eigenvalue weighted by Crippen LogP contribution is 2.36. The second-order valence-corrected chi connectivity index (χ2v) is 16.5. The van der Waals surface area contributed by atoms with Crippen LogP contribution < -0.4 is 0 Å². The molecule has 0 atom stereocenters. The summed E-state index contributed by atoms with van der Waals surface area (Å²) in [5, 5.41) is 7.87. The zero-order valence-electron chi connectivity index (χ0n) is 36.8. The van der Waals surface area contributed by atoms with Gasteiger partial charge in [-0.15, -0.1) is 0 Å². The molecule has 1 aliphatic rings. The van der Waals surface area contributed by atoms with Crippen LogP contribution in [0, 0.1) is 0 Å².